The molecular formula is C26H30ClN3O. The minimum absolute atomic E-state index is 0.0615. The number of benzene rings is 2. The van der Waals surface area contributed by atoms with Crippen molar-refractivity contribution in [2.75, 3.05) is 42.6 Å². The molecule has 0 bridgehead atoms. The van der Waals surface area contributed by atoms with Gasteiger partial charge in [-0.1, -0.05) is 38.4 Å². The maximum atomic E-state index is 6.45. The molecule has 0 N–H and O–H groups in total. The highest BCUT2D eigenvalue weighted by molar-refractivity contribution is 6.31. The Kier molecular flexibility index (Phi) is 5.10. The van der Waals surface area contributed by atoms with E-state index in [1.807, 2.05) is 12.1 Å². The number of aryl methyl sites for hydroxylation is 1. The summed E-state index contributed by atoms with van der Waals surface area (Å²) >= 11 is 6.45. The quantitative estimate of drug-likeness (QED) is 0.502. The van der Waals surface area contributed by atoms with Gasteiger partial charge >= 0.3 is 0 Å². The third-order valence-electron chi connectivity index (χ3n) is 6.78. The number of aromatic nitrogens is 1. The molecule has 3 aromatic rings. The highest BCUT2D eigenvalue weighted by atomic mass is 35.5. The lowest BCUT2D eigenvalue weighted by atomic mass is 9.87. The average Bonchev–Trinajstić information content (AvgIpc) is 3.03. The number of hydrogen-bond acceptors (Lipinski definition) is 4. The van der Waals surface area contributed by atoms with Crippen LogP contribution in [0.2, 0.25) is 5.02 Å². The molecule has 5 heteroatoms. The summed E-state index contributed by atoms with van der Waals surface area (Å²) in [5.74, 6) is 0. The van der Waals surface area contributed by atoms with Gasteiger partial charge in [-0.3, -0.25) is 4.98 Å². The molecule has 1 aromatic heterocycles. The second-order valence-electron chi connectivity index (χ2n) is 9.31. The van der Waals surface area contributed by atoms with Crippen LogP contribution in [0.4, 0.5) is 17.1 Å². The summed E-state index contributed by atoms with van der Waals surface area (Å²) < 4.78 is 5.57. The van der Waals surface area contributed by atoms with Gasteiger partial charge in [0.15, 0.2) is 0 Å². The van der Waals surface area contributed by atoms with Crippen molar-refractivity contribution in [2.24, 2.45) is 0 Å². The number of fused-ring (bicyclic) bond motifs is 2. The molecule has 162 valence electrons. The highest BCUT2D eigenvalue weighted by Crippen LogP contribution is 2.49. The van der Waals surface area contributed by atoms with E-state index < -0.39 is 0 Å². The monoisotopic (exact) mass is 435 g/mol. The summed E-state index contributed by atoms with van der Waals surface area (Å²) in [6, 6.07) is 13.0. The molecule has 31 heavy (non-hydrogen) atoms. The molecule has 2 aliphatic rings. The Bertz CT molecular complexity index is 1150. The Hall–Kier alpha value is -2.30. The zero-order valence-corrected chi connectivity index (χ0v) is 19.6. The van der Waals surface area contributed by atoms with E-state index in [2.05, 4.69) is 61.8 Å². The molecule has 0 unspecified atom stereocenters. The van der Waals surface area contributed by atoms with E-state index in [4.69, 9.17) is 21.3 Å². The normalized spacial score (nSPS) is 18.0. The van der Waals surface area contributed by atoms with Gasteiger partial charge in [0.25, 0.3) is 0 Å². The maximum absolute atomic E-state index is 6.45. The van der Waals surface area contributed by atoms with Gasteiger partial charge in [0.05, 0.1) is 24.4 Å². The van der Waals surface area contributed by atoms with Gasteiger partial charge in [-0.25, -0.2) is 0 Å². The second-order valence-corrected chi connectivity index (χ2v) is 9.75. The van der Waals surface area contributed by atoms with Crippen molar-refractivity contribution < 1.29 is 4.74 Å². The predicted molar refractivity (Wildman–Crippen MR) is 130 cm³/mol. The lowest BCUT2D eigenvalue weighted by Crippen LogP contribution is -2.36. The van der Waals surface area contributed by atoms with Crippen LogP contribution in [-0.2, 0) is 16.6 Å². The van der Waals surface area contributed by atoms with Crippen LogP contribution in [0, 0.1) is 6.92 Å². The molecule has 0 spiro atoms. The maximum Gasteiger partial charge on any atom is 0.0727 e. The zero-order valence-electron chi connectivity index (χ0n) is 18.8. The first kappa shape index (κ1) is 20.6. The minimum Gasteiger partial charge on any atom is -0.378 e. The van der Waals surface area contributed by atoms with Crippen LogP contribution in [0.25, 0.3) is 10.9 Å². The predicted octanol–water partition coefficient (Wildman–Crippen LogP) is 6.02. The molecule has 4 nitrogen and oxygen atoms in total. The number of rotatable bonds is 3. The van der Waals surface area contributed by atoms with Crippen LogP contribution in [0.3, 0.4) is 0 Å². The second kappa shape index (κ2) is 7.68. The fourth-order valence-electron chi connectivity index (χ4n) is 5.21. The van der Waals surface area contributed by atoms with Crippen LogP contribution in [0.1, 0.15) is 37.6 Å². The first-order valence-corrected chi connectivity index (χ1v) is 11.6. The number of ether oxygens (including phenoxy) is 1. The Labute approximate surface area is 189 Å². The lowest BCUT2D eigenvalue weighted by Gasteiger charge is -2.30. The number of halogens is 1. The zero-order chi connectivity index (χ0) is 21.8. The standard InChI is InChI=1S/C26H30ClN3O/c1-5-20-17(2)28-23-9-6-18(27)14-21(23)25(20)30-16-26(3,4)22-8-7-19(15-24(22)30)29-10-12-31-13-11-29/h6-9,14-15H,5,10-13,16H2,1-4H3. The van der Waals surface area contributed by atoms with Gasteiger partial charge in [-0.2, -0.15) is 0 Å². The summed E-state index contributed by atoms with van der Waals surface area (Å²) in [7, 11) is 0. The van der Waals surface area contributed by atoms with Crippen molar-refractivity contribution in [1.82, 2.24) is 4.98 Å². The molecule has 1 fully saturated rings. The minimum atomic E-state index is 0.0615. The van der Waals surface area contributed by atoms with E-state index >= 15 is 0 Å². The van der Waals surface area contributed by atoms with Crippen molar-refractivity contribution in [3.63, 3.8) is 0 Å². The van der Waals surface area contributed by atoms with Gasteiger partial charge < -0.3 is 14.5 Å². The van der Waals surface area contributed by atoms with Crippen LogP contribution >= 0.6 is 11.6 Å². The van der Waals surface area contributed by atoms with Gasteiger partial charge in [0.1, 0.15) is 0 Å². The molecule has 0 atom stereocenters. The third kappa shape index (κ3) is 3.46. The van der Waals surface area contributed by atoms with E-state index in [0.717, 1.165) is 60.9 Å². The Balaban J connectivity index is 1.72. The van der Waals surface area contributed by atoms with Crippen molar-refractivity contribution in [1.29, 1.82) is 0 Å². The molecule has 1 saturated heterocycles. The van der Waals surface area contributed by atoms with Crippen molar-refractivity contribution in [3.05, 3.63) is 58.2 Å². The molecular weight excluding hydrogens is 406 g/mol. The van der Waals surface area contributed by atoms with Crippen LogP contribution in [-0.4, -0.2) is 37.8 Å². The molecule has 5 rings (SSSR count). The first-order chi connectivity index (χ1) is 14.9. The Morgan fingerprint density at radius 3 is 2.61 bits per heavy atom. The first-order valence-electron chi connectivity index (χ1n) is 11.2. The van der Waals surface area contributed by atoms with Crippen molar-refractivity contribution in [3.8, 4) is 0 Å². The van der Waals surface area contributed by atoms with Gasteiger partial charge in [0.2, 0.25) is 0 Å². The largest absolute Gasteiger partial charge is 0.378 e. The third-order valence-corrected chi connectivity index (χ3v) is 7.01. The number of morpholine rings is 1. The van der Waals surface area contributed by atoms with E-state index in [1.165, 1.54) is 28.2 Å². The van der Waals surface area contributed by atoms with Gasteiger partial charge in [0, 0.05) is 52.5 Å². The number of anilines is 3. The van der Waals surface area contributed by atoms with Crippen LogP contribution in [0.5, 0.6) is 0 Å². The molecule has 0 aliphatic carbocycles. The topological polar surface area (TPSA) is 28.6 Å². The summed E-state index contributed by atoms with van der Waals surface area (Å²) in [4.78, 5) is 9.85. The number of hydrogen-bond donors (Lipinski definition) is 0. The van der Waals surface area contributed by atoms with Gasteiger partial charge in [-0.05, 0) is 54.8 Å². The van der Waals surface area contributed by atoms with E-state index in [9.17, 15) is 0 Å². The van der Waals surface area contributed by atoms with Crippen molar-refractivity contribution in [2.45, 2.75) is 39.5 Å². The molecule has 0 radical (unpaired) electrons. The smallest absolute Gasteiger partial charge is 0.0727 e. The highest BCUT2D eigenvalue weighted by Gasteiger charge is 2.38. The molecule has 2 aromatic carbocycles. The van der Waals surface area contributed by atoms with E-state index in [1.54, 1.807) is 0 Å². The summed E-state index contributed by atoms with van der Waals surface area (Å²) in [6.45, 7) is 13.4. The molecule has 0 amide bonds. The molecule has 0 saturated carbocycles. The summed E-state index contributed by atoms with van der Waals surface area (Å²) in [5, 5.41) is 1.89. The molecule has 3 heterocycles. The number of pyridine rings is 1. The van der Waals surface area contributed by atoms with Crippen LogP contribution < -0.4 is 9.80 Å². The Morgan fingerprint density at radius 1 is 1.10 bits per heavy atom. The van der Waals surface area contributed by atoms with Crippen molar-refractivity contribution >= 4 is 39.6 Å². The lowest BCUT2D eigenvalue weighted by molar-refractivity contribution is 0.122. The Morgan fingerprint density at radius 2 is 1.87 bits per heavy atom. The summed E-state index contributed by atoms with van der Waals surface area (Å²) in [6.07, 6.45) is 0.937. The fourth-order valence-corrected chi connectivity index (χ4v) is 5.38. The van der Waals surface area contributed by atoms with Gasteiger partial charge in [-0.15, -0.1) is 0 Å². The average molecular weight is 436 g/mol. The van der Waals surface area contributed by atoms with Crippen LogP contribution in [0.15, 0.2) is 36.4 Å². The summed E-state index contributed by atoms with van der Waals surface area (Å²) in [5.41, 5.74) is 8.70. The number of nitrogens with zero attached hydrogens (tertiary/aromatic N) is 3. The molecule has 2 aliphatic heterocycles. The fraction of sp³-hybridized carbons (Fsp3) is 0.423. The SMILES string of the molecule is CCc1c(C)nc2ccc(Cl)cc2c1N1CC(C)(C)c2ccc(N3CCOCC3)cc21. The van der Waals surface area contributed by atoms with E-state index in [-0.39, 0.29) is 5.41 Å². The van der Waals surface area contributed by atoms with E-state index in [0.29, 0.717) is 0 Å².